The highest BCUT2D eigenvalue weighted by Crippen LogP contribution is 2.33. The summed E-state index contributed by atoms with van der Waals surface area (Å²) in [6, 6.07) is 15.9. The number of carbonyl (C=O) groups is 2. The van der Waals surface area contributed by atoms with Crippen LogP contribution in [0.5, 0.6) is 5.75 Å². The fraction of sp³-hybridized carbons (Fsp3) is 0.333. The van der Waals surface area contributed by atoms with Crippen molar-refractivity contribution in [2.45, 2.75) is 57.6 Å². The lowest BCUT2D eigenvalue weighted by Gasteiger charge is -2.33. The zero-order valence-electron chi connectivity index (χ0n) is 23.8. The maximum Gasteiger partial charge on any atom is 0.264 e. The number of nitrogens with one attached hydrogen (secondary N) is 1. The maximum absolute atomic E-state index is 14.1. The van der Waals surface area contributed by atoms with Crippen LogP contribution in [0.3, 0.4) is 0 Å². The fourth-order valence-electron chi connectivity index (χ4n) is 4.07. The van der Waals surface area contributed by atoms with Crippen molar-refractivity contribution in [1.29, 1.82) is 0 Å². The minimum atomic E-state index is -4.29. The van der Waals surface area contributed by atoms with E-state index in [1.807, 2.05) is 13.8 Å². The Hall–Kier alpha value is -2.98. The van der Waals surface area contributed by atoms with E-state index in [4.69, 9.17) is 39.5 Å². The summed E-state index contributed by atoms with van der Waals surface area (Å²) >= 11 is 18.5. The largest absolute Gasteiger partial charge is 0.492 e. The van der Waals surface area contributed by atoms with Gasteiger partial charge in [0, 0.05) is 27.7 Å². The lowest BCUT2D eigenvalue weighted by atomic mass is 10.1. The lowest BCUT2D eigenvalue weighted by Crippen LogP contribution is -2.52. The number of hydrogen-bond donors (Lipinski definition) is 1. The summed E-state index contributed by atoms with van der Waals surface area (Å²) in [7, 11) is -4.29. The van der Waals surface area contributed by atoms with Gasteiger partial charge in [0.2, 0.25) is 11.8 Å². The highest BCUT2D eigenvalue weighted by atomic mass is 35.5. The molecule has 0 fully saturated rings. The molecule has 42 heavy (non-hydrogen) atoms. The van der Waals surface area contributed by atoms with Gasteiger partial charge < -0.3 is 15.0 Å². The Bertz CT molecular complexity index is 1500. The number of halogens is 3. The van der Waals surface area contributed by atoms with Gasteiger partial charge in [0.25, 0.3) is 10.0 Å². The molecule has 0 aromatic heterocycles. The van der Waals surface area contributed by atoms with Crippen LogP contribution in [0, 0.1) is 0 Å². The number of ether oxygens (including phenoxy) is 1. The van der Waals surface area contributed by atoms with E-state index in [-0.39, 0.29) is 41.4 Å². The van der Waals surface area contributed by atoms with Crippen molar-refractivity contribution in [2.75, 3.05) is 17.5 Å². The molecule has 2 atom stereocenters. The van der Waals surface area contributed by atoms with Gasteiger partial charge in [-0.2, -0.15) is 0 Å². The molecule has 8 nitrogen and oxygen atoms in total. The number of sulfonamides is 1. The molecule has 0 aliphatic rings. The molecule has 3 aromatic rings. The Morgan fingerprint density at radius 1 is 0.929 bits per heavy atom. The molecule has 0 saturated carbocycles. The van der Waals surface area contributed by atoms with Crippen LogP contribution in [0.25, 0.3) is 0 Å². The topological polar surface area (TPSA) is 96.0 Å². The second kappa shape index (κ2) is 15.0. The first-order valence-electron chi connectivity index (χ1n) is 13.4. The normalized spacial score (nSPS) is 12.7. The number of amides is 2. The number of rotatable bonds is 13. The van der Waals surface area contributed by atoms with Crippen molar-refractivity contribution in [1.82, 2.24) is 10.2 Å². The molecule has 2 amide bonds. The molecule has 0 aliphatic heterocycles. The standard InChI is InChI=1S/C30H34Cl3N3O5S/c1-5-20(3)34-30(38)21(4)35(18-22-11-12-24(32)17-26(22)33)29(37)19-36(27-9-7-8-10-28(27)41-6-2)42(39,40)25-15-13-23(31)14-16-25/h7-17,20-21H,5-6,18-19H2,1-4H3,(H,34,38)/t20-,21+/m0/s1. The van der Waals surface area contributed by atoms with Crippen LogP contribution in [-0.4, -0.2) is 50.4 Å². The average molecular weight is 655 g/mol. The molecule has 0 bridgehead atoms. The van der Waals surface area contributed by atoms with E-state index >= 15 is 0 Å². The van der Waals surface area contributed by atoms with Gasteiger partial charge in [-0.1, -0.05) is 59.9 Å². The van der Waals surface area contributed by atoms with Crippen molar-refractivity contribution in [3.8, 4) is 5.75 Å². The molecule has 0 radical (unpaired) electrons. The molecule has 0 heterocycles. The molecular weight excluding hydrogens is 621 g/mol. The smallest absolute Gasteiger partial charge is 0.264 e. The first-order chi connectivity index (χ1) is 19.9. The number of hydrogen-bond acceptors (Lipinski definition) is 5. The predicted octanol–water partition coefficient (Wildman–Crippen LogP) is 6.57. The number of nitrogens with zero attached hydrogens (tertiary/aromatic N) is 2. The first kappa shape index (κ1) is 33.5. The van der Waals surface area contributed by atoms with Gasteiger partial charge in [0.15, 0.2) is 0 Å². The van der Waals surface area contributed by atoms with Gasteiger partial charge in [-0.25, -0.2) is 8.42 Å². The quantitative estimate of drug-likeness (QED) is 0.225. The number of carbonyl (C=O) groups excluding carboxylic acids is 2. The summed E-state index contributed by atoms with van der Waals surface area (Å²) in [6.07, 6.45) is 0.691. The van der Waals surface area contributed by atoms with E-state index < -0.39 is 28.5 Å². The van der Waals surface area contributed by atoms with E-state index in [0.717, 1.165) is 4.31 Å². The Morgan fingerprint density at radius 3 is 2.19 bits per heavy atom. The van der Waals surface area contributed by atoms with Crippen molar-refractivity contribution >= 4 is 62.3 Å². The molecule has 3 rings (SSSR count). The predicted molar refractivity (Wildman–Crippen MR) is 168 cm³/mol. The monoisotopic (exact) mass is 653 g/mol. The van der Waals surface area contributed by atoms with Crippen LogP contribution in [0.15, 0.2) is 71.6 Å². The zero-order chi connectivity index (χ0) is 31.0. The molecule has 1 N–H and O–H groups in total. The SMILES string of the molecule is CCOc1ccccc1N(CC(=O)N(Cc1ccc(Cl)cc1Cl)[C@H](C)C(=O)N[C@@H](C)CC)S(=O)(=O)c1ccc(Cl)cc1. The van der Waals surface area contributed by atoms with Crippen molar-refractivity contribution in [3.05, 3.63) is 87.4 Å². The van der Waals surface area contributed by atoms with E-state index in [0.29, 0.717) is 27.1 Å². The van der Waals surface area contributed by atoms with Crippen molar-refractivity contribution in [3.63, 3.8) is 0 Å². The zero-order valence-corrected chi connectivity index (χ0v) is 26.9. The van der Waals surface area contributed by atoms with Crippen molar-refractivity contribution in [2.24, 2.45) is 0 Å². The van der Waals surface area contributed by atoms with E-state index in [1.54, 1.807) is 56.3 Å². The summed E-state index contributed by atoms with van der Waals surface area (Å²) in [6.45, 7) is 6.74. The van der Waals surface area contributed by atoms with Gasteiger partial charge in [-0.15, -0.1) is 0 Å². The molecule has 0 aliphatic carbocycles. The summed E-state index contributed by atoms with van der Waals surface area (Å²) in [4.78, 5) is 28.6. The third-order valence-electron chi connectivity index (χ3n) is 6.64. The van der Waals surface area contributed by atoms with Gasteiger partial charge in [-0.05, 0) is 81.3 Å². The third kappa shape index (κ3) is 8.31. The molecular formula is C30H34Cl3N3O5S. The molecule has 0 saturated heterocycles. The van der Waals surface area contributed by atoms with Crippen LogP contribution >= 0.6 is 34.8 Å². The van der Waals surface area contributed by atoms with E-state index in [9.17, 15) is 18.0 Å². The fourth-order valence-corrected chi connectivity index (χ4v) is 6.09. The maximum atomic E-state index is 14.1. The highest BCUT2D eigenvalue weighted by molar-refractivity contribution is 7.92. The second-order valence-electron chi connectivity index (χ2n) is 9.62. The van der Waals surface area contributed by atoms with E-state index in [1.165, 1.54) is 29.2 Å². The van der Waals surface area contributed by atoms with Crippen LogP contribution < -0.4 is 14.4 Å². The summed E-state index contributed by atoms with van der Waals surface area (Å²) in [5.41, 5.74) is 0.711. The second-order valence-corrected chi connectivity index (χ2v) is 12.8. The minimum absolute atomic E-state index is 0.0636. The Morgan fingerprint density at radius 2 is 1.57 bits per heavy atom. The van der Waals surface area contributed by atoms with Crippen LogP contribution in [0.4, 0.5) is 5.69 Å². The third-order valence-corrected chi connectivity index (χ3v) is 9.25. The van der Waals surface area contributed by atoms with Gasteiger partial charge in [-0.3, -0.25) is 13.9 Å². The number of para-hydroxylation sites is 2. The number of benzene rings is 3. The molecule has 12 heteroatoms. The summed E-state index contributed by atoms with van der Waals surface area (Å²) in [5.74, 6) is -0.735. The molecule has 0 spiro atoms. The van der Waals surface area contributed by atoms with Crippen molar-refractivity contribution < 1.29 is 22.7 Å². The Balaban J connectivity index is 2.10. The van der Waals surface area contributed by atoms with Crippen LogP contribution in [0.1, 0.15) is 39.7 Å². The lowest BCUT2D eigenvalue weighted by molar-refractivity contribution is -0.139. The summed E-state index contributed by atoms with van der Waals surface area (Å²) in [5, 5.41) is 3.98. The van der Waals surface area contributed by atoms with E-state index in [2.05, 4.69) is 5.32 Å². The first-order valence-corrected chi connectivity index (χ1v) is 16.0. The molecule has 3 aromatic carbocycles. The Labute approximate surface area is 262 Å². The van der Waals surface area contributed by atoms with Gasteiger partial charge in [0.05, 0.1) is 17.2 Å². The Kier molecular flexibility index (Phi) is 11.9. The number of anilines is 1. The summed E-state index contributed by atoms with van der Waals surface area (Å²) < 4.78 is 34.8. The average Bonchev–Trinajstić information content (AvgIpc) is 2.95. The van der Waals surface area contributed by atoms with Gasteiger partial charge >= 0.3 is 0 Å². The van der Waals surface area contributed by atoms with Crippen LogP contribution in [0.2, 0.25) is 15.1 Å². The molecule has 226 valence electrons. The highest BCUT2D eigenvalue weighted by Gasteiger charge is 2.34. The minimum Gasteiger partial charge on any atom is -0.492 e. The molecule has 0 unspecified atom stereocenters. The van der Waals surface area contributed by atoms with Crippen LogP contribution in [-0.2, 0) is 26.2 Å². The van der Waals surface area contributed by atoms with Gasteiger partial charge in [0.1, 0.15) is 18.3 Å².